The lowest BCUT2D eigenvalue weighted by Crippen LogP contribution is -2.03. The lowest BCUT2D eigenvalue weighted by Gasteiger charge is -2.11. The number of ether oxygens (including phenoxy) is 1. The van der Waals surface area contributed by atoms with Gasteiger partial charge in [-0.15, -0.1) is 0 Å². The van der Waals surface area contributed by atoms with Gasteiger partial charge in [0, 0.05) is 5.56 Å². The van der Waals surface area contributed by atoms with E-state index < -0.39 is 0 Å². The van der Waals surface area contributed by atoms with Crippen LogP contribution in [0.5, 0.6) is 5.75 Å². The topological polar surface area (TPSA) is 95.7 Å². The first-order valence-electron chi connectivity index (χ1n) is 8.39. The van der Waals surface area contributed by atoms with Crippen molar-refractivity contribution < 1.29 is 4.74 Å². The van der Waals surface area contributed by atoms with Gasteiger partial charge in [0.15, 0.2) is 0 Å². The first-order chi connectivity index (χ1) is 12.9. The Morgan fingerprint density at radius 3 is 2.59 bits per heavy atom. The third kappa shape index (κ3) is 3.09. The summed E-state index contributed by atoms with van der Waals surface area (Å²) in [5.74, 6) is 0.924. The minimum absolute atomic E-state index is 0.152. The third-order valence-corrected chi connectivity index (χ3v) is 5.17. The van der Waals surface area contributed by atoms with Crippen LogP contribution in [0.1, 0.15) is 41.8 Å². The number of nitriles is 2. The number of aromatic nitrogens is 1. The lowest BCUT2D eigenvalue weighted by atomic mass is 9.95. The highest BCUT2D eigenvalue weighted by Crippen LogP contribution is 2.44. The van der Waals surface area contributed by atoms with Crippen LogP contribution in [-0.4, -0.2) is 11.6 Å². The fourth-order valence-electron chi connectivity index (χ4n) is 3.24. The molecule has 0 saturated carbocycles. The largest absolute Gasteiger partial charge is 0.493 e. The quantitative estimate of drug-likeness (QED) is 0.764. The standard InChI is InChI=1S/C21H17BrN4O/c1-4-27-18-6-5-13(8-17(18)22)7-14-11(2)15(9-23)20-19(14)12(3)16(10-24)21(25)26-20/h5-8H,4H2,1-3H3,(H2,25,26). The molecule has 0 aliphatic heterocycles. The molecule has 0 unspecified atom stereocenters. The van der Waals surface area contributed by atoms with Crippen LogP contribution in [0.4, 0.5) is 5.82 Å². The van der Waals surface area contributed by atoms with Gasteiger partial charge in [0.05, 0.1) is 27.9 Å². The highest BCUT2D eigenvalue weighted by molar-refractivity contribution is 9.10. The first kappa shape index (κ1) is 18.7. The maximum absolute atomic E-state index is 9.61. The normalized spacial score (nSPS) is 14.1. The van der Waals surface area contributed by atoms with Crippen LogP contribution in [0.15, 0.2) is 28.2 Å². The zero-order valence-electron chi connectivity index (χ0n) is 15.2. The number of benzene rings is 1. The smallest absolute Gasteiger partial charge is 0.142 e. The Hall–Kier alpha value is -3.09. The number of nitrogens with two attached hydrogens (primary N) is 1. The van der Waals surface area contributed by atoms with Crippen molar-refractivity contribution >= 4 is 39.0 Å². The van der Waals surface area contributed by atoms with Gasteiger partial charge in [0.25, 0.3) is 0 Å². The number of allylic oxidation sites excluding steroid dienone is 3. The summed E-state index contributed by atoms with van der Waals surface area (Å²) in [6.45, 7) is 6.24. The van der Waals surface area contributed by atoms with Crippen molar-refractivity contribution in [2.75, 3.05) is 12.3 Å². The second-order valence-electron chi connectivity index (χ2n) is 6.13. The maximum atomic E-state index is 9.61. The van der Waals surface area contributed by atoms with E-state index in [1.165, 1.54) is 0 Å². The molecular formula is C21H17BrN4O. The molecule has 0 amide bonds. The molecule has 1 aromatic carbocycles. The lowest BCUT2D eigenvalue weighted by molar-refractivity contribution is 0.338. The molecule has 6 heteroatoms. The van der Waals surface area contributed by atoms with E-state index in [4.69, 9.17) is 10.5 Å². The summed E-state index contributed by atoms with van der Waals surface area (Å²) < 4.78 is 6.41. The van der Waals surface area contributed by atoms with E-state index >= 15 is 0 Å². The Morgan fingerprint density at radius 1 is 1.26 bits per heavy atom. The number of rotatable bonds is 3. The molecule has 5 nitrogen and oxygen atoms in total. The number of nitrogens with zero attached hydrogens (tertiary/aromatic N) is 3. The first-order valence-corrected chi connectivity index (χ1v) is 9.18. The third-order valence-electron chi connectivity index (χ3n) is 4.55. The minimum Gasteiger partial charge on any atom is -0.493 e. The molecule has 0 radical (unpaired) electrons. The molecule has 1 heterocycles. The molecule has 134 valence electrons. The second kappa shape index (κ2) is 7.26. The zero-order chi connectivity index (χ0) is 19.7. The Morgan fingerprint density at radius 2 is 2.00 bits per heavy atom. The Balaban J connectivity index is 2.23. The fourth-order valence-corrected chi connectivity index (χ4v) is 3.75. The van der Waals surface area contributed by atoms with Gasteiger partial charge in [-0.25, -0.2) is 4.98 Å². The van der Waals surface area contributed by atoms with Gasteiger partial charge in [-0.1, -0.05) is 6.07 Å². The summed E-state index contributed by atoms with van der Waals surface area (Å²) in [6.07, 6.45) is 1.99. The van der Waals surface area contributed by atoms with Gasteiger partial charge >= 0.3 is 0 Å². The molecule has 0 saturated heterocycles. The van der Waals surface area contributed by atoms with E-state index in [0.29, 0.717) is 23.4 Å². The van der Waals surface area contributed by atoms with E-state index in [1.54, 1.807) is 0 Å². The van der Waals surface area contributed by atoms with Crippen molar-refractivity contribution in [3.8, 4) is 17.9 Å². The van der Waals surface area contributed by atoms with Gasteiger partial charge in [0.1, 0.15) is 23.7 Å². The number of hydrogen-bond donors (Lipinski definition) is 1. The molecule has 0 fully saturated rings. The monoisotopic (exact) mass is 420 g/mol. The molecular weight excluding hydrogens is 404 g/mol. The van der Waals surface area contributed by atoms with Crippen LogP contribution in [0.25, 0.3) is 17.2 Å². The van der Waals surface area contributed by atoms with Crippen LogP contribution in [0, 0.1) is 29.6 Å². The van der Waals surface area contributed by atoms with E-state index in [-0.39, 0.29) is 5.82 Å². The SMILES string of the molecule is CCOc1ccc(C=C2C(C)=C(C#N)c3nc(N)c(C#N)c(C)c32)cc1Br. The molecule has 0 bridgehead atoms. The fraction of sp³-hybridized carbons (Fsp3) is 0.190. The average Bonchev–Trinajstić information content (AvgIpc) is 2.89. The van der Waals surface area contributed by atoms with Crippen molar-refractivity contribution in [2.45, 2.75) is 20.8 Å². The molecule has 0 atom stereocenters. The van der Waals surface area contributed by atoms with Crippen molar-refractivity contribution in [2.24, 2.45) is 0 Å². The molecule has 2 aromatic rings. The van der Waals surface area contributed by atoms with Gasteiger partial charge in [-0.3, -0.25) is 0 Å². The molecule has 27 heavy (non-hydrogen) atoms. The van der Waals surface area contributed by atoms with Crippen molar-refractivity contribution in [3.05, 3.63) is 56.2 Å². The summed E-state index contributed by atoms with van der Waals surface area (Å²) in [6, 6.07) is 10.1. The summed E-state index contributed by atoms with van der Waals surface area (Å²) >= 11 is 3.53. The van der Waals surface area contributed by atoms with Gasteiger partial charge in [0.2, 0.25) is 0 Å². The maximum Gasteiger partial charge on any atom is 0.142 e. The summed E-state index contributed by atoms with van der Waals surface area (Å²) in [5.41, 5.74) is 11.5. The Kier molecular flexibility index (Phi) is 5.03. The predicted molar refractivity (Wildman–Crippen MR) is 109 cm³/mol. The minimum atomic E-state index is 0.152. The molecule has 1 aliphatic carbocycles. The summed E-state index contributed by atoms with van der Waals surface area (Å²) in [5, 5.41) is 19.0. The molecule has 2 N–H and O–H groups in total. The van der Waals surface area contributed by atoms with Gasteiger partial charge in [-0.2, -0.15) is 10.5 Å². The van der Waals surface area contributed by atoms with E-state index in [0.717, 1.165) is 38.1 Å². The number of fused-ring (bicyclic) bond motifs is 1. The Labute approximate surface area is 166 Å². The van der Waals surface area contributed by atoms with Crippen molar-refractivity contribution in [1.82, 2.24) is 4.98 Å². The molecule has 1 aliphatic rings. The van der Waals surface area contributed by atoms with Gasteiger partial charge in [-0.05, 0) is 77.2 Å². The number of nitrogen functional groups attached to an aromatic ring is 1. The van der Waals surface area contributed by atoms with Crippen LogP contribution in [-0.2, 0) is 0 Å². The second-order valence-corrected chi connectivity index (χ2v) is 6.98. The van der Waals surface area contributed by atoms with E-state index in [9.17, 15) is 10.5 Å². The highest BCUT2D eigenvalue weighted by atomic mass is 79.9. The molecule has 1 aromatic heterocycles. The zero-order valence-corrected chi connectivity index (χ0v) is 16.8. The molecule has 3 rings (SSSR count). The highest BCUT2D eigenvalue weighted by Gasteiger charge is 2.29. The van der Waals surface area contributed by atoms with Gasteiger partial charge < -0.3 is 10.5 Å². The number of hydrogen-bond acceptors (Lipinski definition) is 5. The Bertz CT molecular complexity index is 1100. The molecule has 0 spiro atoms. The number of anilines is 1. The number of halogens is 1. The van der Waals surface area contributed by atoms with E-state index in [2.05, 4.69) is 33.1 Å². The summed E-state index contributed by atoms with van der Waals surface area (Å²) in [7, 11) is 0. The number of pyridine rings is 1. The van der Waals surface area contributed by atoms with E-state index in [1.807, 2.05) is 45.0 Å². The average molecular weight is 421 g/mol. The summed E-state index contributed by atoms with van der Waals surface area (Å²) in [4.78, 5) is 4.34. The predicted octanol–water partition coefficient (Wildman–Crippen LogP) is 4.86. The van der Waals surface area contributed by atoms with Crippen molar-refractivity contribution in [1.29, 1.82) is 10.5 Å². The van der Waals surface area contributed by atoms with Crippen LogP contribution < -0.4 is 10.5 Å². The van der Waals surface area contributed by atoms with Crippen LogP contribution in [0.3, 0.4) is 0 Å². The van der Waals surface area contributed by atoms with Crippen LogP contribution >= 0.6 is 15.9 Å². The van der Waals surface area contributed by atoms with Crippen molar-refractivity contribution in [3.63, 3.8) is 0 Å². The van der Waals surface area contributed by atoms with Crippen LogP contribution in [0.2, 0.25) is 0 Å².